The molecule has 5 heteroatoms. The quantitative estimate of drug-likeness (QED) is 0.863. The Morgan fingerprint density at radius 1 is 1.50 bits per heavy atom. The summed E-state index contributed by atoms with van der Waals surface area (Å²) in [5.74, 6) is -0.374. The van der Waals surface area contributed by atoms with Crippen molar-refractivity contribution < 1.29 is 4.79 Å². The van der Waals surface area contributed by atoms with Gasteiger partial charge in [0.1, 0.15) is 0 Å². The highest BCUT2D eigenvalue weighted by molar-refractivity contribution is 7.10. The van der Waals surface area contributed by atoms with Crippen molar-refractivity contribution in [2.24, 2.45) is 5.73 Å². The zero-order valence-electron chi connectivity index (χ0n) is 10.1. The predicted molar refractivity (Wildman–Crippen MR) is 72.4 cm³/mol. The highest BCUT2D eigenvalue weighted by Gasteiger charge is 2.04. The van der Waals surface area contributed by atoms with Gasteiger partial charge in [-0.3, -0.25) is 9.78 Å². The molecule has 0 radical (unpaired) electrons. The molecule has 0 bridgehead atoms. The van der Waals surface area contributed by atoms with Crippen LogP contribution in [-0.4, -0.2) is 10.9 Å². The van der Waals surface area contributed by atoms with E-state index in [1.165, 1.54) is 22.5 Å². The van der Waals surface area contributed by atoms with E-state index in [9.17, 15) is 4.79 Å². The van der Waals surface area contributed by atoms with E-state index in [2.05, 4.69) is 17.2 Å². The van der Waals surface area contributed by atoms with Crippen molar-refractivity contribution in [1.82, 2.24) is 10.3 Å². The van der Waals surface area contributed by atoms with Crippen molar-refractivity contribution in [1.29, 1.82) is 0 Å². The van der Waals surface area contributed by atoms with Crippen molar-refractivity contribution in [2.75, 3.05) is 0 Å². The van der Waals surface area contributed by atoms with Gasteiger partial charge in [0.25, 0.3) is 0 Å². The fourth-order valence-corrected chi connectivity index (χ4v) is 2.45. The second-order valence-electron chi connectivity index (χ2n) is 4.07. The number of aryl methyl sites for hydroxylation is 1. The second-order valence-corrected chi connectivity index (χ2v) is 5.07. The van der Waals surface area contributed by atoms with Crippen LogP contribution in [0.25, 0.3) is 0 Å². The summed E-state index contributed by atoms with van der Waals surface area (Å²) >= 11 is 1.54. The number of nitrogens with two attached hydrogens (primary N) is 1. The number of aromatic nitrogens is 1. The SMILES string of the molecule is Cc1ccncc1CNCc1cc(C(N)=O)cs1. The highest BCUT2D eigenvalue weighted by Crippen LogP contribution is 2.14. The van der Waals surface area contributed by atoms with Gasteiger partial charge in [0.2, 0.25) is 5.91 Å². The van der Waals surface area contributed by atoms with Gasteiger partial charge in [-0.25, -0.2) is 0 Å². The second kappa shape index (κ2) is 5.75. The van der Waals surface area contributed by atoms with Crippen LogP contribution in [0.4, 0.5) is 0 Å². The molecule has 3 N–H and O–H groups in total. The van der Waals surface area contributed by atoms with Gasteiger partial charge in [0.15, 0.2) is 0 Å². The molecule has 0 aliphatic carbocycles. The molecule has 0 spiro atoms. The normalized spacial score (nSPS) is 10.5. The minimum absolute atomic E-state index is 0.374. The van der Waals surface area contributed by atoms with Crippen molar-refractivity contribution in [3.05, 3.63) is 51.5 Å². The number of carbonyl (C=O) groups excluding carboxylic acids is 1. The Balaban J connectivity index is 1.88. The summed E-state index contributed by atoms with van der Waals surface area (Å²) in [5.41, 5.74) is 8.19. The largest absolute Gasteiger partial charge is 0.366 e. The molecular formula is C13H15N3OS. The smallest absolute Gasteiger partial charge is 0.249 e. The van der Waals surface area contributed by atoms with E-state index < -0.39 is 0 Å². The first-order valence-corrected chi connectivity index (χ1v) is 6.52. The van der Waals surface area contributed by atoms with E-state index in [4.69, 9.17) is 5.73 Å². The van der Waals surface area contributed by atoms with Crippen LogP contribution >= 0.6 is 11.3 Å². The molecule has 0 saturated carbocycles. The van der Waals surface area contributed by atoms with Crippen LogP contribution in [0, 0.1) is 6.92 Å². The fraction of sp³-hybridized carbons (Fsp3) is 0.231. The maximum absolute atomic E-state index is 11.0. The summed E-state index contributed by atoms with van der Waals surface area (Å²) in [4.78, 5) is 16.2. The molecule has 0 aliphatic heterocycles. The Morgan fingerprint density at radius 2 is 2.33 bits per heavy atom. The molecule has 0 saturated heterocycles. The van der Waals surface area contributed by atoms with E-state index in [1.807, 2.05) is 18.3 Å². The molecule has 0 atom stereocenters. The minimum atomic E-state index is -0.374. The molecule has 18 heavy (non-hydrogen) atoms. The first-order valence-electron chi connectivity index (χ1n) is 5.64. The number of thiophene rings is 1. The molecule has 4 nitrogen and oxygen atoms in total. The Bertz CT molecular complexity index is 551. The average molecular weight is 261 g/mol. The lowest BCUT2D eigenvalue weighted by Gasteiger charge is -2.05. The zero-order chi connectivity index (χ0) is 13.0. The Kier molecular flexibility index (Phi) is 4.07. The predicted octanol–water partition coefficient (Wildman–Crippen LogP) is 1.84. The summed E-state index contributed by atoms with van der Waals surface area (Å²) < 4.78 is 0. The van der Waals surface area contributed by atoms with E-state index in [1.54, 1.807) is 11.6 Å². The first kappa shape index (κ1) is 12.7. The molecule has 2 heterocycles. The van der Waals surface area contributed by atoms with Gasteiger partial charge in [0.05, 0.1) is 5.56 Å². The number of carbonyl (C=O) groups is 1. The summed E-state index contributed by atoms with van der Waals surface area (Å²) in [6.07, 6.45) is 3.66. The Labute approximate surface area is 110 Å². The summed E-state index contributed by atoms with van der Waals surface area (Å²) in [7, 11) is 0. The number of nitrogens with zero attached hydrogens (tertiary/aromatic N) is 1. The van der Waals surface area contributed by atoms with Gasteiger partial charge < -0.3 is 11.1 Å². The van der Waals surface area contributed by atoms with Gasteiger partial charge >= 0.3 is 0 Å². The van der Waals surface area contributed by atoms with E-state index >= 15 is 0 Å². The van der Waals surface area contributed by atoms with Crippen LogP contribution < -0.4 is 11.1 Å². The lowest BCUT2D eigenvalue weighted by atomic mass is 10.1. The number of nitrogens with one attached hydrogen (secondary N) is 1. The lowest BCUT2D eigenvalue weighted by Crippen LogP contribution is -2.13. The van der Waals surface area contributed by atoms with Gasteiger partial charge in [-0.2, -0.15) is 0 Å². The summed E-state index contributed by atoms with van der Waals surface area (Å²) in [5, 5.41) is 5.12. The number of hydrogen-bond acceptors (Lipinski definition) is 4. The fourth-order valence-electron chi connectivity index (χ4n) is 1.60. The molecule has 2 rings (SSSR count). The average Bonchev–Trinajstić information content (AvgIpc) is 2.80. The molecule has 0 aliphatic rings. The number of hydrogen-bond donors (Lipinski definition) is 2. The third kappa shape index (κ3) is 3.15. The topological polar surface area (TPSA) is 68.0 Å². The standard InChI is InChI=1S/C13H15N3OS/c1-9-2-3-15-5-11(9)6-16-7-12-4-10(8-18-12)13(14)17/h2-5,8,16H,6-7H2,1H3,(H2,14,17). The first-order chi connectivity index (χ1) is 8.66. The third-order valence-corrected chi connectivity index (χ3v) is 3.64. The van der Waals surface area contributed by atoms with E-state index in [0.717, 1.165) is 18.0 Å². The maximum atomic E-state index is 11.0. The Hall–Kier alpha value is -1.72. The van der Waals surface area contributed by atoms with Crippen molar-refractivity contribution in [3.8, 4) is 0 Å². The molecular weight excluding hydrogens is 246 g/mol. The van der Waals surface area contributed by atoms with Gasteiger partial charge in [-0.05, 0) is 30.2 Å². The molecule has 0 fully saturated rings. The number of primary amides is 1. The van der Waals surface area contributed by atoms with Gasteiger partial charge in [-0.15, -0.1) is 11.3 Å². The molecule has 1 amide bonds. The van der Waals surface area contributed by atoms with Crippen LogP contribution in [0.3, 0.4) is 0 Å². The van der Waals surface area contributed by atoms with Crippen LogP contribution in [-0.2, 0) is 13.1 Å². The van der Waals surface area contributed by atoms with Crippen LogP contribution in [0.5, 0.6) is 0 Å². The van der Waals surface area contributed by atoms with Crippen LogP contribution in [0.15, 0.2) is 29.9 Å². The molecule has 0 aromatic carbocycles. The molecule has 2 aromatic heterocycles. The highest BCUT2D eigenvalue weighted by atomic mass is 32.1. The number of pyridine rings is 1. The number of rotatable bonds is 5. The van der Waals surface area contributed by atoms with Crippen molar-refractivity contribution in [2.45, 2.75) is 20.0 Å². The maximum Gasteiger partial charge on any atom is 0.249 e. The monoisotopic (exact) mass is 261 g/mol. The summed E-state index contributed by atoms with van der Waals surface area (Å²) in [6.45, 7) is 3.56. The molecule has 94 valence electrons. The lowest BCUT2D eigenvalue weighted by molar-refractivity contribution is 0.100. The Morgan fingerprint density at radius 3 is 3.00 bits per heavy atom. The van der Waals surface area contributed by atoms with E-state index in [-0.39, 0.29) is 5.91 Å². The molecule has 2 aromatic rings. The van der Waals surface area contributed by atoms with Crippen LogP contribution in [0.2, 0.25) is 0 Å². The third-order valence-electron chi connectivity index (χ3n) is 2.70. The summed E-state index contributed by atoms with van der Waals surface area (Å²) in [6, 6.07) is 3.82. The van der Waals surface area contributed by atoms with Gasteiger partial charge in [-0.1, -0.05) is 0 Å². The van der Waals surface area contributed by atoms with Crippen molar-refractivity contribution >= 4 is 17.2 Å². The van der Waals surface area contributed by atoms with Crippen LogP contribution in [0.1, 0.15) is 26.4 Å². The minimum Gasteiger partial charge on any atom is -0.366 e. The zero-order valence-corrected chi connectivity index (χ0v) is 11.0. The van der Waals surface area contributed by atoms with E-state index in [0.29, 0.717) is 5.56 Å². The van der Waals surface area contributed by atoms with Crippen molar-refractivity contribution in [3.63, 3.8) is 0 Å². The number of amides is 1. The molecule has 0 unspecified atom stereocenters. The van der Waals surface area contributed by atoms with Gasteiger partial charge in [0, 0.05) is 35.7 Å².